The summed E-state index contributed by atoms with van der Waals surface area (Å²) in [6.07, 6.45) is 0.369. The number of benzene rings is 2. The van der Waals surface area contributed by atoms with Crippen molar-refractivity contribution in [3.8, 4) is 0 Å². The first-order valence-electron chi connectivity index (χ1n) is 8.72. The summed E-state index contributed by atoms with van der Waals surface area (Å²) in [7, 11) is 0. The van der Waals surface area contributed by atoms with Gasteiger partial charge in [0.25, 0.3) is 0 Å². The summed E-state index contributed by atoms with van der Waals surface area (Å²) in [5.41, 5.74) is 1.50. The molecule has 3 unspecified atom stereocenters. The molecule has 2 aromatic carbocycles. The molecule has 0 heterocycles. The van der Waals surface area contributed by atoms with Gasteiger partial charge in [-0.05, 0) is 37.8 Å². The van der Waals surface area contributed by atoms with Crippen molar-refractivity contribution in [1.82, 2.24) is 0 Å². The minimum Gasteiger partial charge on any atom is -0.459 e. The van der Waals surface area contributed by atoms with Gasteiger partial charge in [0.2, 0.25) is 0 Å². The Labute approximate surface area is 149 Å². The van der Waals surface area contributed by atoms with Crippen molar-refractivity contribution < 1.29 is 14.3 Å². The van der Waals surface area contributed by atoms with E-state index in [4.69, 9.17) is 4.74 Å². The number of carbonyl (C=O) groups excluding carboxylic acids is 2. The molecule has 130 valence electrons. The quantitative estimate of drug-likeness (QED) is 0.613. The number of hydrogen-bond acceptors (Lipinski definition) is 3. The molecule has 2 aromatic rings. The summed E-state index contributed by atoms with van der Waals surface area (Å²) in [5.74, 6) is -1.38. The van der Waals surface area contributed by atoms with Crippen LogP contribution in [0.15, 0.2) is 60.7 Å². The molecule has 3 rings (SSSR count). The predicted molar refractivity (Wildman–Crippen MR) is 97.3 cm³/mol. The van der Waals surface area contributed by atoms with Crippen LogP contribution in [-0.2, 0) is 14.3 Å². The SMILES string of the molecule is CC(C)(C)OC(=O)C1C(=O)CC(c2ccccc2)C1c1ccccc1. The number of Topliss-reactive ketones (excluding diaryl/α,β-unsaturated/α-hetero) is 1. The first-order valence-corrected chi connectivity index (χ1v) is 8.72. The molecular weight excluding hydrogens is 312 g/mol. The normalized spacial score (nSPS) is 23.5. The van der Waals surface area contributed by atoms with E-state index in [1.807, 2.05) is 81.4 Å². The zero-order valence-electron chi connectivity index (χ0n) is 14.9. The fourth-order valence-electron chi connectivity index (χ4n) is 3.67. The van der Waals surface area contributed by atoms with E-state index in [-0.39, 0.29) is 17.6 Å². The summed E-state index contributed by atoms with van der Waals surface area (Å²) in [4.78, 5) is 25.6. The molecule has 1 aliphatic carbocycles. The second-order valence-corrected chi connectivity index (χ2v) is 7.64. The summed E-state index contributed by atoms with van der Waals surface area (Å²) in [5, 5.41) is 0. The van der Waals surface area contributed by atoms with E-state index in [2.05, 4.69) is 0 Å². The fraction of sp³-hybridized carbons (Fsp3) is 0.364. The highest BCUT2D eigenvalue weighted by molar-refractivity contribution is 6.02. The molecule has 0 saturated heterocycles. The van der Waals surface area contributed by atoms with Crippen molar-refractivity contribution in [2.75, 3.05) is 0 Å². The fourth-order valence-corrected chi connectivity index (χ4v) is 3.67. The molecule has 1 aliphatic rings. The van der Waals surface area contributed by atoms with Crippen LogP contribution >= 0.6 is 0 Å². The Bertz CT molecular complexity index is 744. The molecule has 25 heavy (non-hydrogen) atoms. The largest absolute Gasteiger partial charge is 0.459 e. The van der Waals surface area contributed by atoms with Gasteiger partial charge >= 0.3 is 5.97 Å². The highest BCUT2D eigenvalue weighted by Gasteiger charge is 2.49. The van der Waals surface area contributed by atoms with Crippen molar-refractivity contribution in [3.63, 3.8) is 0 Å². The van der Waals surface area contributed by atoms with E-state index in [0.717, 1.165) is 11.1 Å². The summed E-state index contributed by atoms with van der Waals surface area (Å²) >= 11 is 0. The standard InChI is InChI=1S/C22H24O3/c1-22(2,3)25-21(24)20-18(23)14-17(15-10-6-4-7-11-15)19(20)16-12-8-5-9-13-16/h4-13,17,19-20H,14H2,1-3H3. The van der Waals surface area contributed by atoms with Crippen LogP contribution in [-0.4, -0.2) is 17.4 Å². The predicted octanol–water partition coefficient (Wildman–Crippen LogP) is 4.48. The second kappa shape index (κ2) is 6.83. The maximum absolute atomic E-state index is 12.8. The molecule has 0 N–H and O–H groups in total. The lowest BCUT2D eigenvalue weighted by atomic mass is 9.80. The van der Waals surface area contributed by atoms with E-state index in [1.165, 1.54) is 0 Å². The first kappa shape index (κ1) is 17.4. The van der Waals surface area contributed by atoms with Crippen LogP contribution in [0.25, 0.3) is 0 Å². The Morgan fingerprint density at radius 2 is 1.44 bits per heavy atom. The smallest absolute Gasteiger partial charge is 0.317 e. The average Bonchev–Trinajstić information content (AvgIpc) is 2.92. The number of carbonyl (C=O) groups is 2. The van der Waals surface area contributed by atoms with E-state index in [9.17, 15) is 9.59 Å². The molecule has 0 spiro atoms. The zero-order chi connectivity index (χ0) is 18.0. The summed E-state index contributed by atoms with van der Waals surface area (Å²) in [6.45, 7) is 5.49. The average molecular weight is 336 g/mol. The molecule has 3 atom stereocenters. The van der Waals surface area contributed by atoms with Crippen LogP contribution in [0.1, 0.15) is 50.2 Å². The van der Waals surface area contributed by atoms with Gasteiger partial charge in [-0.1, -0.05) is 60.7 Å². The monoisotopic (exact) mass is 336 g/mol. The van der Waals surface area contributed by atoms with Crippen molar-refractivity contribution in [2.45, 2.75) is 44.6 Å². The first-order chi connectivity index (χ1) is 11.9. The van der Waals surface area contributed by atoms with Crippen LogP contribution in [0.5, 0.6) is 0 Å². The van der Waals surface area contributed by atoms with Gasteiger partial charge in [-0.3, -0.25) is 9.59 Å². The molecule has 0 amide bonds. The zero-order valence-corrected chi connectivity index (χ0v) is 14.9. The van der Waals surface area contributed by atoms with Crippen molar-refractivity contribution in [3.05, 3.63) is 71.8 Å². The maximum Gasteiger partial charge on any atom is 0.317 e. The van der Waals surface area contributed by atoms with Gasteiger partial charge in [-0.25, -0.2) is 0 Å². The molecule has 0 bridgehead atoms. The van der Waals surface area contributed by atoms with E-state index >= 15 is 0 Å². The Morgan fingerprint density at radius 1 is 0.920 bits per heavy atom. The topological polar surface area (TPSA) is 43.4 Å². The Kier molecular flexibility index (Phi) is 4.76. The third kappa shape index (κ3) is 3.81. The molecule has 3 heteroatoms. The lowest BCUT2D eigenvalue weighted by molar-refractivity contribution is -0.161. The van der Waals surface area contributed by atoms with Gasteiger partial charge in [0.05, 0.1) is 0 Å². The van der Waals surface area contributed by atoms with Crippen LogP contribution in [0.2, 0.25) is 0 Å². The summed E-state index contributed by atoms with van der Waals surface area (Å²) < 4.78 is 5.57. The van der Waals surface area contributed by atoms with Crippen LogP contribution in [0, 0.1) is 5.92 Å². The molecule has 0 aromatic heterocycles. The van der Waals surface area contributed by atoms with Crippen molar-refractivity contribution in [1.29, 1.82) is 0 Å². The Morgan fingerprint density at radius 3 is 1.96 bits per heavy atom. The number of esters is 1. The third-order valence-corrected chi connectivity index (χ3v) is 4.63. The van der Waals surface area contributed by atoms with E-state index in [1.54, 1.807) is 0 Å². The van der Waals surface area contributed by atoms with Gasteiger partial charge in [0.15, 0.2) is 0 Å². The van der Waals surface area contributed by atoms with Crippen molar-refractivity contribution in [2.24, 2.45) is 5.92 Å². The molecular formula is C22H24O3. The minimum absolute atomic E-state index is 0.00591. The third-order valence-electron chi connectivity index (χ3n) is 4.63. The second-order valence-electron chi connectivity index (χ2n) is 7.64. The van der Waals surface area contributed by atoms with Crippen molar-refractivity contribution >= 4 is 11.8 Å². The Hall–Kier alpha value is -2.42. The molecule has 0 radical (unpaired) electrons. The van der Waals surface area contributed by atoms with Gasteiger partial charge in [-0.2, -0.15) is 0 Å². The van der Waals surface area contributed by atoms with E-state index in [0.29, 0.717) is 6.42 Å². The molecule has 0 aliphatic heterocycles. The molecule has 3 nitrogen and oxygen atoms in total. The minimum atomic E-state index is -0.744. The van der Waals surface area contributed by atoms with Gasteiger partial charge < -0.3 is 4.74 Å². The van der Waals surface area contributed by atoms with Crippen LogP contribution in [0.3, 0.4) is 0 Å². The molecule has 1 saturated carbocycles. The number of rotatable bonds is 3. The van der Waals surface area contributed by atoms with Gasteiger partial charge in [0, 0.05) is 12.3 Å². The van der Waals surface area contributed by atoms with Gasteiger partial charge in [0.1, 0.15) is 17.3 Å². The van der Waals surface area contributed by atoms with Gasteiger partial charge in [-0.15, -0.1) is 0 Å². The maximum atomic E-state index is 12.8. The van der Waals surface area contributed by atoms with Crippen LogP contribution in [0.4, 0.5) is 0 Å². The number of hydrogen-bond donors (Lipinski definition) is 0. The number of ether oxygens (including phenoxy) is 1. The lowest BCUT2D eigenvalue weighted by Gasteiger charge is -2.27. The van der Waals surface area contributed by atoms with E-state index < -0.39 is 17.5 Å². The summed E-state index contributed by atoms with van der Waals surface area (Å²) in [6, 6.07) is 19.8. The lowest BCUT2D eigenvalue weighted by Crippen LogP contribution is -2.33. The highest BCUT2D eigenvalue weighted by atomic mass is 16.6. The van der Waals surface area contributed by atoms with Crippen LogP contribution < -0.4 is 0 Å². The number of ketones is 1. The Balaban J connectivity index is 2.01. The highest BCUT2D eigenvalue weighted by Crippen LogP contribution is 2.48. The molecule has 1 fully saturated rings.